The molecule has 1 amide bonds. The van der Waals surface area contributed by atoms with Gasteiger partial charge in [0, 0.05) is 24.7 Å². The molecule has 1 unspecified atom stereocenters. The fourth-order valence-corrected chi connectivity index (χ4v) is 4.52. The Hall–Kier alpha value is -3.72. The van der Waals surface area contributed by atoms with E-state index in [9.17, 15) is 19.7 Å². The van der Waals surface area contributed by atoms with E-state index in [4.69, 9.17) is 9.15 Å². The standard InChI is InChI=1S/C25H27N3O6/c1-4-26(5-2)12-7-13-27-22(16-8-6-9-17(14-16)28(31)32)21-23(29)19-11-10-18(33-3)15-20(19)34-24(21)25(27)30/h6,8-11,14-15,22H,4-5,7,12-13H2,1-3H3. The predicted molar refractivity (Wildman–Crippen MR) is 127 cm³/mol. The molecule has 9 heteroatoms. The first-order valence-electron chi connectivity index (χ1n) is 11.3. The molecule has 0 saturated carbocycles. The van der Waals surface area contributed by atoms with E-state index in [2.05, 4.69) is 18.7 Å². The summed E-state index contributed by atoms with van der Waals surface area (Å²) in [5.74, 6) is 0.0883. The summed E-state index contributed by atoms with van der Waals surface area (Å²) in [6.45, 7) is 7.11. The smallest absolute Gasteiger partial charge is 0.290 e. The number of hydrogen-bond donors (Lipinski definition) is 0. The highest BCUT2D eigenvalue weighted by molar-refractivity contribution is 5.99. The highest BCUT2D eigenvalue weighted by atomic mass is 16.6. The molecule has 1 aliphatic rings. The first kappa shape index (κ1) is 23.4. The lowest BCUT2D eigenvalue weighted by Gasteiger charge is -2.26. The third kappa shape index (κ3) is 4.14. The molecule has 0 bridgehead atoms. The van der Waals surface area contributed by atoms with E-state index in [0.717, 1.165) is 19.6 Å². The zero-order valence-electron chi connectivity index (χ0n) is 19.4. The van der Waals surface area contributed by atoms with Gasteiger partial charge in [-0.3, -0.25) is 19.7 Å². The maximum Gasteiger partial charge on any atom is 0.290 e. The Morgan fingerprint density at radius 1 is 1.15 bits per heavy atom. The van der Waals surface area contributed by atoms with Crippen molar-refractivity contribution in [2.24, 2.45) is 0 Å². The SMILES string of the molecule is CCN(CC)CCCN1C(=O)c2oc3cc(OC)ccc3c(=O)c2C1c1cccc([N+](=O)[O-])c1. The van der Waals surface area contributed by atoms with Gasteiger partial charge >= 0.3 is 0 Å². The topological polar surface area (TPSA) is 106 Å². The molecule has 0 fully saturated rings. The Kier molecular flexibility index (Phi) is 6.65. The molecular weight excluding hydrogens is 438 g/mol. The van der Waals surface area contributed by atoms with Crippen molar-refractivity contribution in [1.29, 1.82) is 0 Å². The Bertz CT molecular complexity index is 1300. The number of nitro groups is 1. The number of nitrogens with zero attached hydrogens (tertiary/aromatic N) is 3. The quantitative estimate of drug-likeness (QED) is 0.347. The molecule has 1 atom stereocenters. The second-order valence-electron chi connectivity index (χ2n) is 8.17. The zero-order valence-corrected chi connectivity index (χ0v) is 19.4. The van der Waals surface area contributed by atoms with E-state index in [-0.39, 0.29) is 28.0 Å². The third-order valence-electron chi connectivity index (χ3n) is 6.34. The Morgan fingerprint density at radius 2 is 1.91 bits per heavy atom. The number of nitro benzene ring substituents is 1. The van der Waals surface area contributed by atoms with Gasteiger partial charge in [0.1, 0.15) is 11.3 Å². The Labute approximate surface area is 196 Å². The molecule has 2 heterocycles. The molecule has 4 rings (SSSR count). The molecule has 3 aromatic rings. The number of fused-ring (bicyclic) bond motifs is 2. The van der Waals surface area contributed by atoms with Crippen LogP contribution in [0.5, 0.6) is 5.75 Å². The molecule has 1 aromatic heterocycles. The van der Waals surface area contributed by atoms with Crippen molar-refractivity contribution in [3.05, 3.63) is 79.7 Å². The fourth-order valence-electron chi connectivity index (χ4n) is 4.52. The summed E-state index contributed by atoms with van der Waals surface area (Å²) in [6.07, 6.45) is 0.689. The number of methoxy groups -OCH3 is 1. The summed E-state index contributed by atoms with van der Waals surface area (Å²) in [6, 6.07) is 10.2. The van der Waals surface area contributed by atoms with Gasteiger partial charge in [0.2, 0.25) is 5.76 Å². The minimum atomic E-state index is -0.762. The number of non-ortho nitro benzene ring substituents is 1. The van der Waals surface area contributed by atoms with Gasteiger partial charge in [0.05, 0.1) is 29.0 Å². The van der Waals surface area contributed by atoms with Gasteiger partial charge < -0.3 is 19.0 Å². The summed E-state index contributed by atoms with van der Waals surface area (Å²) < 4.78 is 11.2. The minimum Gasteiger partial charge on any atom is -0.497 e. The molecule has 0 aliphatic carbocycles. The van der Waals surface area contributed by atoms with Crippen LogP contribution >= 0.6 is 0 Å². The van der Waals surface area contributed by atoms with Crippen LogP contribution in [0.2, 0.25) is 0 Å². The van der Waals surface area contributed by atoms with Crippen molar-refractivity contribution < 1.29 is 18.9 Å². The van der Waals surface area contributed by atoms with Gasteiger partial charge in [0.25, 0.3) is 11.6 Å². The predicted octanol–water partition coefficient (Wildman–Crippen LogP) is 3.99. The third-order valence-corrected chi connectivity index (χ3v) is 6.34. The van der Waals surface area contributed by atoms with Crippen LogP contribution in [0.1, 0.15) is 48.0 Å². The van der Waals surface area contributed by atoms with Crippen LogP contribution in [0.4, 0.5) is 5.69 Å². The van der Waals surface area contributed by atoms with Gasteiger partial charge in [-0.05, 0) is 43.8 Å². The normalized spacial score (nSPS) is 15.2. The fraction of sp³-hybridized carbons (Fsp3) is 0.360. The Balaban J connectivity index is 1.83. The summed E-state index contributed by atoms with van der Waals surface area (Å²) in [5.41, 5.74) is 0.556. The molecule has 0 N–H and O–H groups in total. The van der Waals surface area contributed by atoms with E-state index in [0.29, 0.717) is 29.7 Å². The lowest BCUT2D eigenvalue weighted by molar-refractivity contribution is -0.384. The van der Waals surface area contributed by atoms with E-state index >= 15 is 0 Å². The number of hydrogen-bond acceptors (Lipinski definition) is 7. The highest BCUT2D eigenvalue weighted by Crippen LogP contribution is 2.39. The largest absolute Gasteiger partial charge is 0.497 e. The maximum atomic E-state index is 13.6. The van der Waals surface area contributed by atoms with E-state index in [1.165, 1.54) is 19.2 Å². The lowest BCUT2D eigenvalue weighted by atomic mass is 9.98. The second-order valence-corrected chi connectivity index (χ2v) is 8.17. The number of ether oxygens (including phenoxy) is 1. The van der Waals surface area contributed by atoms with Crippen LogP contribution < -0.4 is 10.2 Å². The van der Waals surface area contributed by atoms with E-state index in [1.54, 1.807) is 35.2 Å². The van der Waals surface area contributed by atoms with Crippen molar-refractivity contribution in [2.75, 3.05) is 33.3 Å². The first-order valence-corrected chi connectivity index (χ1v) is 11.3. The second kappa shape index (κ2) is 9.64. The van der Waals surface area contributed by atoms with Crippen LogP contribution in [0.15, 0.2) is 51.7 Å². The van der Waals surface area contributed by atoms with Gasteiger partial charge in [-0.25, -0.2) is 0 Å². The first-order chi connectivity index (χ1) is 16.4. The van der Waals surface area contributed by atoms with Crippen LogP contribution in [0.25, 0.3) is 11.0 Å². The molecule has 34 heavy (non-hydrogen) atoms. The zero-order chi connectivity index (χ0) is 24.4. The van der Waals surface area contributed by atoms with Gasteiger partial charge in [-0.2, -0.15) is 0 Å². The molecule has 2 aromatic carbocycles. The molecule has 178 valence electrons. The van der Waals surface area contributed by atoms with Gasteiger partial charge in [0.15, 0.2) is 5.43 Å². The lowest BCUT2D eigenvalue weighted by Crippen LogP contribution is -2.33. The molecule has 0 radical (unpaired) electrons. The summed E-state index contributed by atoms with van der Waals surface area (Å²) in [4.78, 5) is 41.8. The van der Waals surface area contributed by atoms with Gasteiger partial charge in [-0.1, -0.05) is 26.0 Å². The number of carbonyl (C=O) groups is 1. The summed E-state index contributed by atoms with van der Waals surface area (Å²) in [7, 11) is 1.51. The van der Waals surface area contributed by atoms with Crippen molar-refractivity contribution >= 4 is 22.6 Å². The molecule has 1 aliphatic heterocycles. The summed E-state index contributed by atoms with van der Waals surface area (Å²) in [5, 5.41) is 11.7. The van der Waals surface area contributed by atoms with Crippen LogP contribution in [0.3, 0.4) is 0 Å². The molecule has 9 nitrogen and oxygen atoms in total. The van der Waals surface area contributed by atoms with Gasteiger partial charge in [-0.15, -0.1) is 0 Å². The number of amides is 1. The number of carbonyl (C=O) groups excluding carboxylic acids is 1. The van der Waals surface area contributed by atoms with Crippen molar-refractivity contribution in [1.82, 2.24) is 9.80 Å². The molecule has 0 saturated heterocycles. The van der Waals surface area contributed by atoms with Crippen LogP contribution in [-0.2, 0) is 0 Å². The highest BCUT2D eigenvalue weighted by Gasteiger charge is 2.42. The maximum absolute atomic E-state index is 13.6. The monoisotopic (exact) mass is 465 g/mol. The average molecular weight is 466 g/mol. The van der Waals surface area contributed by atoms with E-state index in [1.807, 2.05) is 0 Å². The number of rotatable bonds is 9. The van der Waals surface area contributed by atoms with Crippen molar-refractivity contribution in [3.8, 4) is 5.75 Å². The molecular formula is C25H27N3O6. The minimum absolute atomic E-state index is 0.0231. The number of benzene rings is 2. The Morgan fingerprint density at radius 3 is 2.59 bits per heavy atom. The average Bonchev–Trinajstić information content (AvgIpc) is 3.13. The molecule has 0 spiro atoms. The van der Waals surface area contributed by atoms with Crippen molar-refractivity contribution in [2.45, 2.75) is 26.3 Å². The van der Waals surface area contributed by atoms with E-state index < -0.39 is 16.9 Å². The van der Waals surface area contributed by atoms with Crippen LogP contribution in [-0.4, -0.2) is 53.9 Å². The van der Waals surface area contributed by atoms with Crippen molar-refractivity contribution in [3.63, 3.8) is 0 Å². The summed E-state index contributed by atoms with van der Waals surface area (Å²) >= 11 is 0. The van der Waals surface area contributed by atoms with Crippen LogP contribution in [0, 0.1) is 10.1 Å².